The second kappa shape index (κ2) is 10.3. The van der Waals surface area contributed by atoms with E-state index in [9.17, 15) is 9.59 Å². The van der Waals surface area contributed by atoms with Crippen molar-refractivity contribution < 1.29 is 9.59 Å². The molecule has 1 aliphatic rings. The highest BCUT2D eigenvalue weighted by molar-refractivity contribution is 6.10. The van der Waals surface area contributed by atoms with Gasteiger partial charge in [-0.3, -0.25) is 14.6 Å². The first-order chi connectivity index (χ1) is 17.9. The molecular formula is C31H30N4O2. The fourth-order valence-corrected chi connectivity index (χ4v) is 4.91. The Balaban J connectivity index is 1.39. The number of carbonyl (C=O) groups excluding carboxylic acids is 2. The van der Waals surface area contributed by atoms with Gasteiger partial charge >= 0.3 is 0 Å². The van der Waals surface area contributed by atoms with Crippen molar-refractivity contribution in [1.29, 1.82) is 0 Å². The molecule has 0 saturated carbocycles. The van der Waals surface area contributed by atoms with Crippen LogP contribution in [0, 0.1) is 6.92 Å². The van der Waals surface area contributed by atoms with Gasteiger partial charge in [0.25, 0.3) is 5.91 Å². The minimum absolute atomic E-state index is 0.0256. The SMILES string of the molecule is Cc1cc(-c2ccccc2)c(C(=O)Nc2ccc3c(c2)CCN3C(=O)Cc2ccccn2)cc1N(C)C. The summed E-state index contributed by atoms with van der Waals surface area (Å²) in [6, 6.07) is 25.4. The zero-order valence-electron chi connectivity index (χ0n) is 21.4. The van der Waals surface area contributed by atoms with Crippen LogP contribution in [0.25, 0.3) is 11.1 Å². The van der Waals surface area contributed by atoms with Gasteiger partial charge in [-0.25, -0.2) is 0 Å². The van der Waals surface area contributed by atoms with E-state index in [-0.39, 0.29) is 18.2 Å². The number of nitrogens with zero attached hydrogens (tertiary/aromatic N) is 3. The van der Waals surface area contributed by atoms with Gasteiger partial charge in [-0.05, 0) is 78.1 Å². The molecule has 0 fully saturated rings. The normalized spacial score (nSPS) is 12.2. The van der Waals surface area contributed by atoms with Crippen LogP contribution in [-0.4, -0.2) is 37.4 Å². The molecule has 0 atom stereocenters. The summed E-state index contributed by atoms with van der Waals surface area (Å²) in [5.74, 6) is -0.138. The first-order valence-electron chi connectivity index (χ1n) is 12.4. The Hall–Kier alpha value is -4.45. The van der Waals surface area contributed by atoms with Crippen molar-refractivity contribution in [2.24, 2.45) is 0 Å². The average Bonchev–Trinajstić information content (AvgIpc) is 3.33. The standard InChI is InChI=1S/C31H30N4O2/c1-21-17-26(22-9-5-4-6-10-22)27(20-29(21)34(2)3)31(37)33-25-12-13-28-23(18-25)14-16-35(28)30(36)19-24-11-7-8-15-32-24/h4-13,15,17-18,20H,14,16,19H2,1-3H3,(H,33,37). The number of rotatable bonds is 6. The van der Waals surface area contributed by atoms with Crippen molar-refractivity contribution in [3.63, 3.8) is 0 Å². The topological polar surface area (TPSA) is 65.5 Å². The van der Waals surface area contributed by atoms with E-state index in [0.29, 0.717) is 17.8 Å². The van der Waals surface area contributed by atoms with Gasteiger partial charge in [0, 0.05) is 55.2 Å². The molecule has 1 aromatic heterocycles. The highest BCUT2D eigenvalue weighted by atomic mass is 16.2. The lowest BCUT2D eigenvalue weighted by molar-refractivity contribution is -0.117. The maximum Gasteiger partial charge on any atom is 0.256 e. The molecule has 2 heterocycles. The predicted octanol–water partition coefficient (Wildman–Crippen LogP) is 5.51. The molecule has 2 amide bonds. The summed E-state index contributed by atoms with van der Waals surface area (Å²) in [4.78, 5) is 34.6. The summed E-state index contributed by atoms with van der Waals surface area (Å²) >= 11 is 0. The van der Waals surface area contributed by atoms with Crippen LogP contribution in [0.5, 0.6) is 0 Å². The van der Waals surface area contributed by atoms with Crippen molar-refractivity contribution in [3.05, 3.63) is 107 Å². The summed E-state index contributed by atoms with van der Waals surface area (Å²) < 4.78 is 0. The van der Waals surface area contributed by atoms with E-state index < -0.39 is 0 Å². The Morgan fingerprint density at radius 2 is 1.76 bits per heavy atom. The predicted molar refractivity (Wildman–Crippen MR) is 149 cm³/mol. The average molecular weight is 491 g/mol. The fraction of sp³-hybridized carbons (Fsp3) is 0.194. The molecule has 0 spiro atoms. The number of hydrogen-bond donors (Lipinski definition) is 1. The lowest BCUT2D eigenvalue weighted by Gasteiger charge is -2.20. The van der Waals surface area contributed by atoms with Gasteiger partial charge < -0.3 is 15.1 Å². The second-order valence-electron chi connectivity index (χ2n) is 9.54. The number of pyridine rings is 1. The second-order valence-corrected chi connectivity index (χ2v) is 9.54. The van der Waals surface area contributed by atoms with Crippen molar-refractivity contribution in [2.45, 2.75) is 19.8 Å². The highest BCUT2D eigenvalue weighted by Crippen LogP contribution is 2.33. The van der Waals surface area contributed by atoms with Crippen molar-refractivity contribution in [1.82, 2.24) is 4.98 Å². The van der Waals surface area contributed by atoms with Crippen LogP contribution < -0.4 is 15.1 Å². The fourth-order valence-electron chi connectivity index (χ4n) is 4.91. The molecule has 0 aliphatic carbocycles. The summed E-state index contributed by atoms with van der Waals surface area (Å²) in [7, 11) is 3.96. The molecule has 3 aromatic carbocycles. The third-order valence-electron chi connectivity index (χ3n) is 6.74. The molecule has 4 aromatic rings. The number of nitrogens with one attached hydrogen (secondary N) is 1. The number of anilines is 3. The largest absolute Gasteiger partial charge is 0.377 e. The van der Waals surface area contributed by atoms with Gasteiger partial charge in [-0.1, -0.05) is 36.4 Å². The van der Waals surface area contributed by atoms with Crippen molar-refractivity contribution in [3.8, 4) is 11.1 Å². The van der Waals surface area contributed by atoms with Gasteiger partial charge in [-0.2, -0.15) is 0 Å². The van der Waals surface area contributed by atoms with Crippen LogP contribution in [-0.2, 0) is 17.6 Å². The Morgan fingerprint density at radius 3 is 2.49 bits per heavy atom. The van der Waals surface area contributed by atoms with Gasteiger partial charge in [0.15, 0.2) is 0 Å². The minimum atomic E-state index is -0.164. The molecule has 5 rings (SSSR count). The van der Waals surface area contributed by atoms with Crippen LogP contribution in [0.15, 0.2) is 85.1 Å². The van der Waals surface area contributed by atoms with E-state index in [4.69, 9.17) is 0 Å². The molecule has 1 N–H and O–H groups in total. The maximum absolute atomic E-state index is 13.6. The van der Waals surface area contributed by atoms with Crippen LogP contribution in [0.1, 0.15) is 27.2 Å². The summed E-state index contributed by atoms with van der Waals surface area (Å²) in [6.45, 7) is 2.69. The number of hydrogen-bond acceptors (Lipinski definition) is 4. The molecule has 0 bridgehead atoms. The van der Waals surface area contributed by atoms with E-state index in [1.807, 2.05) is 96.7 Å². The number of aromatic nitrogens is 1. The summed E-state index contributed by atoms with van der Waals surface area (Å²) in [6.07, 6.45) is 2.72. The minimum Gasteiger partial charge on any atom is -0.377 e. The Labute approximate surface area is 217 Å². The quantitative estimate of drug-likeness (QED) is 0.387. The molecule has 6 nitrogen and oxygen atoms in total. The molecule has 37 heavy (non-hydrogen) atoms. The first-order valence-corrected chi connectivity index (χ1v) is 12.4. The molecule has 6 heteroatoms. The Kier molecular flexibility index (Phi) is 6.73. The van der Waals surface area contributed by atoms with Crippen molar-refractivity contribution >= 4 is 28.9 Å². The Morgan fingerprint density at radius 1 is 0.973 bits per heavy atom. The van der Waals surface area contributed by atoms with Gasteiger partial charge in [0.05, 0.1) is 6.42 Å². The lowest BCUT2D eigenvalue weighted by Crippen LogP contribution is -2.30. The summed E-state index contributed by atoms with van der Waals surface area (Å²) in [5.41, 5.74) is 8.04. The van der Waals surface area contributed by atoms with Gasteiger partial charge in [0.1, 0.15) is 0 Å². The number of fused-ring (bicyclic) bond motifs is 1. The van der Waals surface area contributed by atoms with Crippen molar-refractivity contribution in [2.75, 3.05) is 35.8 Å². The van der Waals surface area contributed by atoms with Gasteiger partial charge in [0.2, 0.25) is 5.91 Å². The third-order valence-corrected chi connectivity index (χ3v) is 6.74. The van der Waals surface area contributed by atoms with Gasteiger partial charge in [-0.15, -0.1) is 0 Å². The Bertz CT molecular complexity index is 1450. The van der Waals surface area contributed by atoms with E-state index in [2.05, 4.69) is 23.3 Å². The zero-order valence-corrected chi connectivity index (χ0v) is 21.4. The molecule has 0 saturated heterocycles. The highest BCUT2D eigenvalue weighted by Gasteiger charge is 2.25. The number of amides is 2. The van der Waals surface area contributed by atoms with Crippen LogP contribution in [0.4, 0.5) is 17.1 Å². The lowest BCUT2D eigenvalue weighted by atomic mass is 9.95. The maximum atomic E-state index is 13.6. The monoisotopic (exact) mass is 490 g/mol. The van der Waals surface area contributed by atoms with Crippen LogP contribution in [0.2, 0.25) is 0 Å². The van der Waals surface area contributed by atoms with E-state index in [1.165, 1.54) is 0 Å². The molecular weight excluding hydrogens is 460 g/mol. The first kappa shape index (κ1) is 24.3. The molecule has 0 radical (unpaired) electrons. The number of carbonyl (C=O) groups is 2. The third kappa shape index (κ3) is 5.09. The van der Waals surface area contributed by atoms with E-state index in [1.54, 1.807) is 6.20 Å². The molecule has 1 aliphatic heterocycles. The van der Waals surface area contributed by atoms with Crippen LogP contribution >= 0.6 is 0 Å². The molecule has 0 unspecified atom stereocenters. The van der Waals surface area contributed by atoms with E-state index >= 15 is 0 Å². The van der Waals surface area contributed by atoms with Crippen LogP contribution in [0.3, 0.4) is 0 Å². The number of aryl methyl sites for hydroxylation is 1. The molecule has 186 valence electrons. The number of benzene rings is 3. The smallest absolute Gasteiger partial charge is 0.256 e. The zero-order chi connectivity index (χ0) is 25.9. The van der Waals surface area contributed by atoms with E-state index in [0.717, 1.165) is 45.7 Å². The summed E-state index contributed by atoms with van der Waals surface area (Å²) in [5, 5.41) is 3.10.